The lowest BCUT2D eigenvalue weighted by Crippen LogP contribution is -2.24. The van der Waals surface area contributed by atoms with Gasteiger partial charge in [0.25, 0.3) is 0 Å². The molecule has 3 rings (SSSR count). The van der Waals surface area contributed by atoms with Crippen molar-refractivity contribution in [1.82, 2.24) is 4.72 Å². The van der Waals surface area contributed by atoms with Gasteiger partial charge in [0.15, 0.2) is 11.5 Å². The van der Waals surface area contributed by atoms with Crippen molar-refractivity contribution in [2.45, 2.75) is 31.3 Å². The zero-order chi connectivity index (χ0) is 17.3. The van der Waals surface area contributed by atoms with E-state index in [9.17, 15) is 8.42 Å². The summed E-state index contributed by atoms with van der Waals surface area (Å²) in [5.74, 6) is 1.01. The highest BCUT2D eigenvalue weighted by Crippen LogP contribution is 2.36. The van der Waals surface area contributed by atoms with Crippen LogP contribution >= 0.6 is 12.4 Å². The number of halogens is 1. The second-order valence-electron chi connectivity index (χ2n) is 5.83. The van der Waals surface area contributed by atoms with Gasteiger partial charge in [0, 0.05) is 18.7 Å². The first-order valence-corrected chi connectivity index (χ1v) is 9.09. The van der Waals surface area contributed by atoms with Crippen LogP contribution in [0.4, 0.5) is 0 Å². The molecule has 1 heterocycles. The summed E-state index contributed by atoms with van der Waals surface area (Å²) >= 11 is 0. The molecule has 2 aromatic carbocycles. The molecule has 3 N–H and O–H groups in total. The zero-order valence-corrected chi connectivity index (χ0v) is 15.6. The van der Waals surface area contributed by atoms with Gasteiger partial charge in [-0.25, -0.2) is 13.1 Å². The zero-order valence-electron chi connectivity index (χ0n) is 14.0. The lowest BCUT2D eigenvalue weighted by molar-refractivity contribution is 0.174. The van der Waals surface area contributed by atoms with E-state index in [1.54, 1.807) is 13.0 Å². The molecule has 2 aromatic rings. The largest absolute Gasteiger partial charge is 0.454 e. The summed E-state index contributed by atoms with van der Waals surface area (Å²) in [6, 6.07) is 10.7. The van der Waals surface area contributed by atoms with Crippen LogP contribution in [0.5, 0.6) is 11.5 Å². The van der Waals surface area contributed by atoms with Crippen molar-refractivity contribution in [1.29, 1.82) is 0 Å². The molecule has 0 amide bonds. The summed E-state index contributed by atoms with van der Waals surface area (Å²) in [5, 5.41) is 0. The van der Waals surface area contributed by atoms with E-state index in [0.717, 1.165) is 11.1 Å². The molecule has 0 saturated heterocycles. The van der Waals surface area contributed by atoms with Crippen molar-refractivity contribution in [2.24, 2.45) is 5.73 Å². The molecular weight excluding hydrogens is 364 g/mol. The molecule has 136 valence electrons. The van der Waals surface area contributed by atoms with Gasteiger partial charge < -0.3 is 15.2 Å². The minimum absolute atomic E-state index is 0. The van der Waals surface area contributed by atoms with Gasteiger partial charge in [-0.15, -0.1) is 12.4 Å². The Labute approximate surface area is 153 Å². The number of nitrogens with one attached hydrogen (secondary N) is 1. The Morgan fingerprint density at radius 2 is 1.76 bits per heavy atom. The third-order valence-corrected chi connectivity index (χ3v) is 5.47. The summed E-state index contributed by atoms with van der Waals surface area (Å²) in [4.78, 5) is 0.193. The normalized spacial score (nSPS) is 14.0. The number of sulfonamides is 1. The third kappa shape index (κ3) is 4.24. The molecule has 1 aliphatic heterocycles. The number of ether oxygens (including phenoxy) is 2. The topological polar surface area (TPSA) is 90.7 Å². The molecule has 0 aliphatic carbocycles. The highest BCUT2D eigenvalue weighted by molar-refractivity contribution is 7.89. The van der Waals surface area contributed by atoms with Crippen molar-refractivity contribution >= 4 is 22.4 Å². The number of hydrogen-bond acceptors (Lipinski definition) is 5. The fraction of sp³-hybridized carbons (Fsp3) is 0.294. The van der Waals surface area contributed by atoms with E-state index in [0.29, 0.717) is 17.1 Å². The van der Waals surface area contributed by atoms with Gasteiger partial charge in [0.05, 0.1) is 4.90 Å². The molecule has 25 heavy (non-hydrogen) atoms. The lowest BCUT2D eigenvalue weighted by atomic mass is 10.1. The monoisotopic (exact) mass is 384 g/mol. The van der Waals surface area contributed by atoms with Gasteiger partial charge >= 0.3 is 0 Å². The van der Waals surface area contributed by atoms with Crippen molar-refractivity contribution in [3.8, 4) is 11.5 Å². The molecule has 0 saturated carbocycles. The van der Waals surface area contributed by atoms with Crippen LogP contribution in [0.3, 0.4) is 0 Å². The van der Waals surface area contributed by atoms with Gasteiger partial charge in [-0.2, -0.15) is 0 Å². The average molecular weight is 385 g/mol. The van der Waals surface area contributed by atoms with Crippen LogP contribution in [0.1, 0.15) is 29.7 Å². The molecule has 0 radical (unpaired) electrons. The van der Waals surface area contributed by atoms with Crippen LogP contribution in [0.25, 0.3) is 0 Å². The number of fused-ring (bicyclic) bond motifs is 1. The molecule has 0 spiro atoms. The lowest BCUT2D eigenvalue weighted by Gasteiger charge is -2.11. The van der Waals surface area contributed by atoms with Crippen LogP contribution in [0, 0.1) is 6.92 Å². The summed E-state index contributed by atoms with van der Waals surface area (Å²) < 4.78 is 38.3. The Hall–Kier alpha value is -1.80. The van der Waals surface area contributed by atoms with Gasteiger partial charge in [0.1, 0.15) is 0 Å². The van der Waals surface area contributed by atoms with Crippen molar-refractivity contribution in [3.05, 3.63) is 53.1 Å². The Kier molecular flexibility index (Phi) is 5.95. The van der Waals surface area contributed by atoms with E-state index in [2.05, 4.69) is 4.72 Å². The predicted octanol–water partition coefficient (Wildman–Crippen LogP) is 2.64. The van der Waals surface area contributed by atoms with Crippen molar-refractivity contribution in [3.63, 3.8) is 0 Å². The van der Waals surface area contributed by atoms with Gasteiger partial charge in [0.2, 0.25) is 16.8 Å². The number of benzene rings is 2. The van der Waals surface area contributed by atoms with E-state index in [1.807, 2.05) is 31.2 Å². The van der Waals surface area contributed by atoms with Gasteiger partial charge in [-0.1, -0.05) is 24.3 Å². The molecule has 1 aliphatic rings. The quantitative estimate of drug-likeness (QED) is 0.826. The molecule has 8 heteroatoms. The van der Waals surface area contributed by atoms with Crippen molar-refractivity contribution < 1.29 is 17.9 Å². The maximum absolute atomic E-state index is 12.6. The fourth-order valence-corrected chi connectivity index (χ4v) is 3.77. The summed E-state index contributed by atoms with van der Waals surface area (Å²) in [7, 11) is -3.65. The van der Waals surface area contributed by atoms with Crippen LogP contribution in [0.2, 0.25) is 0 Å². The fourth-order valence-electron chi connectivity index (χ4n) is 2.51. The SMILES string of the molecule is Cc1cc2c(cc1S(=O)(=O)NCc1ccc(C(C)N)cc1)OCO2.Cl. The maximum atomic E-state index is 12.6. The minimum atomic E-state index is -3.65. The summed E-state index contributed by atoms with van der Waals surface area (Å²) in [5.41, 5.74) is 8.29. The predicted molar refractivity (Wildman–Crippen MR) is 97.6 cm³/mol. The summed E-state index contributed by atoms with van der Waals surface area (Å²) in [6.07, 6.45) is 0. The minimum Gasteiger partial charge on any atom is -0.454 e. The second-order valence-corrected chi connectivity index (χ2v) is 7.56. The Bertz CT molecular complexity index is 852. The van der Waals surface area contributed by atoms with Crippen LogP contribution in [-0.4, -0.2) is 15.2 Å². The average Bonchev–Trinajstić information content (AvgIpc) is 2.99. The molecule has 0 bridgehead atoms. The van der Waals surface area contributed by atoms with E-state index in [1.165, 1.54) is 6.07 Å². The number of hydrogen-bond donors (Lipinski definition) is 2. The van der Waals surface area contributed by atoms with Gasteiger partial charge in [-0.3, -0.25) is 0 Å². The summed E-state index contributed by atoms with van der Waals surface area (Å²) in [6.45, 7) is 3.95. The van der Waals surface area contributed by atoms with E-state index in [4.69, 9.17) is 15.2 Å². The molecular formula is C17H21ClN2O4S. The molecule has 0 aromatic heterocycles. The Balaban J connectivity index is 0.00000225. The van der Waals surface area contributed by atoms with E-state index < -0.39 is 10.0 Å². The molecule has 1 atom stereocenters. The molecule has 0 fully saturated rings. The first kappa shape index (κ1) is 19.5. The standard InChI is InChI=1S/C17H20N2O4S.ClH/c1-11-7-15-16(23-10-22-15)8-17(11)24(20,21)19-9-13-3-5-14(6-4-13)12(2)18;/h3-8,12,19H,9-10,18H2,1-2H3;1H. The smallest absolute Gasteiger partial charge is 0.241 e. The first-order chi connectivity index (χ1) is 11.4. The second kappa shape index (κ2) is 7.61. The molecule has 1 unspecified atom stereocenters. The number of rotatable bonds is 5. The maximum Gasteiger partial charge on any atom is 0.241 e. The molecule has 6 nitrogen and oxygen atoms in total. The van der Waals surface area contributed by atoms with Crippen molar-refractivity contribution in [2.75, 3.05) is 6.79 Å². The highest BCUT2D eigenvalue weighted by atomic mass is 35.5. The van der Waals surface area contributed by atoms with Gasteiger partial charge in [-0.05, 0) is 36.6 Å². The first-order valence-electron chi connectivity index (χ1n) is 7.61. The highest BCUT2D eigenvalue weighted by Gasteiger charge is 2.23. The Morgan fingerprint density at radius 3 is 2.36 bits per heavy atom. The van der Waals surface area contributed by atoms with Crippen LogP contribution < -0.4 is 19.9 Å². The van der Waals surface area contributed by atoms with Crippen LogP contribution in [-0.2, 0) is 16.6 Å². The number of aryl methyl sites for hydroxylation is 1. The Morgan fingerprint density at radius 1 is 1.16 bits per heavy atom. The number of nitrogens with two attached hydrogens (primary N) is 1. The third-order valence-electron chi connectivity index (χ3n) is 3.93. The van der Waals surface area contributed by atoms with E-state index >= 15 is 0 Å². The van der Waals surface area contributed by atoms with E-state index in [-0.39, 0.29) is 36.7 Å². The van der Waals surface area contributed by atoms with Crippen LogP contribution in [0.15, 0.2) is 41.3 Å².